The predicted octanol–water partition coefficient (Wildman–Crippen LogP) is 3.68. The molecular weight excluding hydrogens is 351 g/mol. The number of benzene rings is 2. The molecule has 0 saturated carbocycles. The van der Waals surface area contributed by atoms with Gasteiger partial charge in [0.25, 0.3) is 0 Å². The Hall–Kier alpha value is -2.60. The van der Waals surface area contributed by atoms with Crippen molar-refractivity contribution in [2.24, 2.45) is 0 Å². The van der Waals surface area contributed by atoms with Crippen LogP contribution in [0, 0.1) is 5.82 Å². The third-order valence-corrected chi connectivity index (χ3v) is 3.82. The van der Waals surface area contributed by atoms with Gasteiger partial charge in [0.2, 0.25) is 0 Å². The van der Waals surface area contributed by atoms with Crippen LogP contribution in [0.5, 0.6) is 11.5 Å². The number of ketones is 1. The maximum atomic E-state index is 12.9. The summed E-state index contributed by atoms with van der Waals surface area (Å²) < 4.78 is 28.9. The highest BCUT2D eigenvalue weighted by molar-refractivity contribution is 6.32. The molecule has 25 heavy (non-hydrogen) atoms. The molecule has 130 valence electrons. The Labute approximate surface area is 148 Å². The molecular formula is C18H14ClFO5. The highest BCUT2D eigenvalue weighted by Crippen LogP contribution is 2.38. The topological polar surface area (TPSA) is 61.8 Å². The first-order chi connectivity index (χ1) is 12.0. The van der Waals surface area contributed by atoms with Gasteiger partial charge >= 0.3 is 5.97 Å². The minimum atomic E-state index is -0.715. The molecule has 0 unspecified atom stereocenters. The molecule has 0 aliphatic carbocycles. The third kappa shape index (κ3) is 4.09. The summed E-state index contributed by atoms with van der Waals surface area (Å²) in [5, 5.41) is 0.233. The van der Waals surface area contributed by atoms with Crippen LogP contribution in [-0.4, -0.2) is 31.6 Å². The fraction of sp³-hybridized carbons (Fsp3) is 0.222. The quantitative estimate of drug-likeness (QED) is 0.611. The molecule has 1 heterocycles. The second-order valence-electron chi connectivity index (χ2n) is 5.34. The Morgan fingerprint density at radius 2 is 1.80 bits per heavy atom. The van der Waals surface area contributed by atoms with Crippen molar-refractivity contribution in [2.75, 3.05) is 19.8 Å². The van der Waals surface area contributed by atoms with E-state index in [1.807, 2.05) is 0 Å². The highest BCUT2D eigenvalue weighted by atomic mass is 35.5. The normalized spacial score (nSPS) is 13.0. The first kappa shape index (κ1) is 17.2. The molecule has 0 fully saturated rings. The second kappa shape index (κ2) is 7.53. The van der Waals surface area contributed by atoms with E-state index in [4.69, 9.17) is 25.8 Å². The number of fused-ring (bicyclic) bond motifs is 1. The van der Waals surface area contributed by atoms with E-state index in [0.717, 1.165) is 0 Å². The summed E-state index contributed by atoms with van der Waals surface area (Å²) in [7, 11) is 0. The van der Waals surface area contributed by atoms with Gasteiger partial charge < -0.3 is 14.2 Å². The first-order valence-corrected chi connectivity index (χ1v) is 7.97. The fourth-order valence-electron chi connectivity index (χ4n) is 2.28. The molecule has 0 spiro atoms. The van der Waals surface area contributed by atoms with E-state index in [1.165, 1.54) is 36.4 Å². The van der Waals surface area contributed by atoms with E-state index < -0.39 is 24.2 Å². The number of halogens is 2. The van der Waals surface area contributed by atoms with E-state index in [-0.39, 0.29) is 16.1 Å². The minimum absolute atomic E-state index is 0.154. The molecule has 2 aromatic carbocycles. The molecule has 2 aromatic rings. The van der Waals surface area contributed by atoms with Gasteiger partial charge in [-0.3, -0.25) is 4.79 Å². The number of Topliss-reactive ketones (excluding diaryl/α,β-unsaturated/α-hetero) is 1. The van der Waals surface area contributed by atoms with Crippen molar-refractivity contribution in [3.8, 4) is 11.5 Å². The summed E-state index contributed by atoms with van der Waals surface area (Å²) in [5.74, 6) is -0.850. The molecule has 0 radical (unpaired) electrons. The van der Waals surface area contributed by atoms with Gasteiger partial charge in [0.15, 0.2) is 23.9 Å². The molecule has 1 aliphatic rings. The van der Waals surface area contributed by atoms with E-state index in [1.54, 1.807) is 0 Å². The summed E-state index contributed by atoms with van der Waals surface area (Å²) in [5.41, 5.74) is 0.409. The van der Waals surface area contributed by atoms with E-state index in [2.05, 4.69) is 0 Å². The molecule has 5 nitrogen and oxygen atoms in total. The molecule has 0 atom stereocenters. The van der Waals surface area contributed by atoms with Crippen LogP contribution in [0.2, 0.25) is 5.02 Å². The van der Waals surface area contributed by atoms with Gasteiger partial charge in [0.05, 0.1) is 23.8 Å². The number of rotatable bonds is 4. The summed E-state index contributed by atoms with van der Waals surface area (Å²) in [6.45, 7) is 0.462. The number of carbonyl (C=O) groups is 2. The lowest BCUT2D eigenvalue weighted by Crippen LogP contribution is -2.14. The lowest BCUT2D eigenvalue weighted by atomic mass is 10.1. The van der Waals surface area contributed by atoms with E-state index in [0.29, 0.717) is 31.1 Å². The Balaban J connectivity index is 1.69. The molecule has 1 aliphatic heterocycles. The van der Waals surface area contributed by atoms with Gasteiger partial charge in [-0.1, -0.05) is 11.6 Å². The zero-order chi connectivity index (χ0) is 17.8. The van der Waals surface area contributed by atoms with Crippen LogP contribution in [0.15, 0.2) is 36.4 Å². The number of hydrogen-bond donors (Lipinski definition) is 0. The van der Waals surface area contributed by atoms with E-state index >= 15 is 0 Å². The summed E-state index contributed by atoms with van der Waals surface area (Å²) in [4.78, 5) is 24.1. The zero-order valence-electron chi connectivity index (χ0n) is 13.1. The van der Waals surface area contributed by atoms with Crippen molar-refractivity contribution >= 4 is 23.4 Å². The standard InChI is InChI=1S/C18H14ClFO5/c19-14-8-12(9-16-17(14)24-7-1-6-23-16)18(22)25-10-15(21)11-2-4-13(20)5-3-11/h2-5,8-9H,1,6-7,10H2. The minimum Gasteiger partial charge on any atom is -0.489 e. The largest absolute Gasteiger partial charge is 0.489 e. The number of carbonyl (C=O) groups excluding carboxylic acids is 2. The average molecular weight is 365 g/mol. The van der Waals surface area contributed by atoms with Gasteiger partial charge in [-0.25, -0.2) is 9.18 Å². The van der Waals surface area contributed by atoms with Crippen molar-refractivity contribution in [3.63, 3.8) is 0 Å². The molecule has 0 bridgehead atoms. The second-order valence-corrected chi connectivity index (χ2v) is 5.75. The monoisotopic (exact) mass is 364 g/mol. The lowest BCUT2D eigenvalue weighted by Gasteiger charge is -2.11. The summed E-state index contributed by atoms with van der Waals surface area (Å²) in [6.07, 6.45) is 0.705. The zero-order valence-corrected chi connectivity index (χ0v) is 13.8. The molecule has 0 amide bonds. The van der Waals surface area contributed by atoms with Gasteiger partial charge in [-0.15, -0.1) is 0 Å². The third-order valence-electron chi connectivity index (χ3n) is 3.54. The molecule has 0 aromatic heterocycles. The Morgan fingerprint density at radius 1 is 1.08 bits per heavy atom. The first-order valence-electron chi connectivity index (χ1n) is 7.59. The van der Waals surface area contributed by atoms with Crippen molar-refractivity contribution in [3.05, 3.63) is 58.4 Å². The fourth-order valence-corrected chi connectivity index (χ4v) is 2.55. The van der Waals surface area contributed by atoms with Gasteiger partial charge in [0.1, 0.15) is 5.82 Å². The number of hydrogen-bond acceptors (Lipinski definition) is 5. The smallest absolute Gasteiger partial charge is 0.338 e. The van der Waals surface area contributed by atoms with Crippen LogP contribution < -0.4 is 9.47 Å². The Morgan fingerprint density at radius 3 is 2.56 bits per heavy atom. The average Bonchev–Trinajstić information content (AvgIpc) is 2.85. The lowest BCUT2D eigenvalue weighted by molar-refractivity contribution is 0.0474. The van der Waals surface area contributed by atoms with Crippen LogP contribution in [0.3, 0.4) is 0 Å². The molecule has 0 N–H and O–H groups in total. The Kier molecular flexibility index (Phi) is 5.19. The van der Waals surface area contributed by atoms with Crippen molar-refractivity contribution in [1.82, 2.24) is 0 Å². The predicted molar refractivity (Wildman–Crippen MR) is 88.1 cm³/mol. The van der Waals surface area contributed by atoms with Crippen LogP contribution in [0.1, 0.15) is 27.1 Å². The summed E-state index contributed by atoms with van der Waals surface area (Å²) >= 11 is 6.12. The van der Waals surface area contributed by atoms with Crippen LogP contribution in [0.25, 0.3) is 0 Å². The molecule has 0 saturated heterocycles. The van der Waals surface area contributed by atoms with Crippen molar-refractivity contribution in [1.29, 1.82) is 0 Å². The number of esters is 1. The van der Waals surface area contributed by atoms with E-state index in [9.17, 15) is 14.0 Å². The SMILES string of the molecule is O=C(COC(=O)c1cc(Cl)c2c(c1)OCCCO2)c1ccc(F)cc1. The highest BCUT2D eigenvalue weighted by Gasteiger charge is 2.20. The van der Waals surface area contributed by atoms with Crippen LogP contribution >= 0.6 is 11.6 Å². The van der Waals surface area contributed by atoms with Crippen LogP contribution in [0.4, 0.5) is 4.39 Å². The van der Waals surface area contributed by atoms with Crippen LogP contribution in [-0.2, 0) is 4.74 Å². The van der Waals surface area contributed by atoms with Gasteiger partial charge in [-0.05, 0) is 36.4 Å². The maximum absolute atomic E-state index is 12.9. The van der Waals surface area contributed by atoms with Gasteiger partial charge in [0, 0.05) is 12.0 Å². The van der Waals surface area contributed by atoms with Gasteiger partial charge in [-0.2, -0.15) is 0 Å². The summed E-state index contributed by atoms with van der Waals surface area (Å²) in [6, 6.07) is 7.86. The van der Waals surface area contributed by atoms with Crippen molar-refractivity contribution < 1.29 is 28.2 Å². The number of ether oxygens (including phenoxy) is 3. The molecule has 7 heteroatoms. The Bertz CT molecular complexity index is 804. The van der Waals surface area contributed by atoms with Crippen molar-refractivity contribution in [2.45, 2.75) is 6.42 Å². The maximum Gasteiger partial charge on any atom is 0.338 e. The molecule has 3 rings (SSSR count).